The fourth-order valence-electron chi connectivity index (χ4n) is 1.03. The van der Waals surface area contributed by atoms with E-state index in [0.717, 1.165) is 0 Å². The standard InChI is InChI=1S/C10H14N2O3/c1-10(2,7-11)15-9-6-4-3-5-8(9)12(13)14/h3-6H,7,11H2,1-2H3. The first-order valence-electron chi connectivity index (χ1n) is 4.59. The lowest BCUT2D eigenvalue weighted by molar-refractivity contribution is -0.386. The van der Waals surface area contributed by atoms with Gasteiger partial charge in [0, 0.05) is 12.6 Å². The van der Waals surface area contributed by atoms with Crippen molar-refractivity contribution in [1.29, 1.82) is 0 Å². The molecular weight excluding hydrogens is 196 g/mol. The summed E-state index contributed by atoms with van der Waals surface area (Å²) in [6.07, 6.45) is 0. The molecule has 5 heteroatoms. The first kappa shape index (κ1) is 11.5. The number of nitro groups is 1. The largest absolute Gasteiger partial charge is 0.479 e. The average molecular weight is 210 g/mol. The van der Waals surface area contributed by atoms with Crippen molar-refractivity contribution in [3.05, 3.63) is 34.4 Å². The zero-order valence-corrected chi connectivity index (χ0v) is 8.77. The van der Waals surface area contributed by atoms with Crippen LogP contribution in [0, 0.1) is 10.1 Å². The third-order valence-corrected chi connectivity index (χ3v) is 1.94. The molecular formula is C10H14N2O3. The normalized spacial score (nSPS) is 11.1. The molecule has 0 saturated carbocycles. The Balaban J connectivity index is 2.99. The topological polar surface area (TPSA) is 78.4 Å². The van der Waals surface area contributed by atoms with Crippen molar-refractivity contribution in [3.8, 4) is 5.75 Å². The summed E-state index contributed by atoms with van der Waals surface area (Å²) in [5, 5.41) is 10.7. The summed E-state index contributed by atoms with van der Waals surface area (Å²) in [4.78, 5) is 10.2. The number of benzene rings is 1. The summed E-state index contributed by atoms with van der Waals surface area (Å²) >= 11 is 0. The first-order chi connectivity index (χ1) is 6.96. The van der Waals surface area contributed by atoms with Gasteiger partial charge in [-0.2, -0.15) is 0 Å². The molecule has 5 nitrogen and oxygen atoms in total. The molecule has 0 aliphatic heterocycles. The van der Waals surface area contributed by atoms with Crippen molar-refractivity contribution in [2.45, 2.75) is 19.4 Å². The second kappa shape index (κ2) is 4.27. The molecule has 15 heavy (non-hydrogen) atoms. The van der Waals surface area contributed by atoms with E-state index in [1.54, 1.807) is 32.0 Å². The lowest BCUT2D eigenvalue weighted by atomic mass is 10.1. The summed E-state index contributed by atoms with van der Waals surface area (Å²) in [7, 11) is 0. The Morgan fingerprint density at radius 3 is 2.60 bits per heavy atom. The number of ether oxygens (including phenoxy) is 1. The number of nitrogens with two attached hydrogens (primary N) is 1. The van der Waals surface area contributed by atoms with E-state index in [1.165, 1.54) is 6.07 Å². The molecule has 0 radical (unpaired) electrons. The van der Waals surface area contributed by atoms with E-state index < -0.39 is 10.5 Å². The summed E-state index contributed by atoms with van der Waals surface area (Å²) in [5.74, 6) is 0.248. The fourth-order valence-corrected chi connectivity index (χ4v) is 1.03. The summed E-state index contributed by atoms with van der Waals surface area (Å²) < 4.78 is 5.48. The number of hydrogen-bond donors (Lipinski definition) is 1. The van der Waals surface area contributed by atoms with Crippen molar-refractivity contribution in [2.24, 2.45) is 5.73 Å². The van der Waals surface area contributed by atoms with E-state index in [4.69, 9.17) is 10.5 Å². The molecule has 82 valence electrons. The van der Waals surface area contributed by atoms with Gasteiger partial charge in [0.05, 0.1) is 4.92 Å². The van der Waals surface area contributed by atoms with Crippen LogP contribution in [0.5, 0.6) is 5.75 Å². The smallest absolute Gasteiger partial charge is 0.310 e. The minimum Gasteiger partial charge on any atom is -0.479 e. The second-order valence-electron chi connectivity index (χ2n) is 3.79. The lowest BCUT2D eigenvalue weighted by Gasteiger charge is -2.24. The van der Waals surface area contributed by atoms with Gasteiger partial charge in [0.25, 0.3) is 0 Å². The molecule has 0 fully saturated rings. The van der Waals surface area contributed by atoms with Gasteiger partial charge in [-0.3, -0.25) is 10.1 Å². The van der Waals surface area contributed by atoms with Crippen LogP contribution in [0.25, 0.3) is 0 Å². The molecule has 2 N–H and O–H groups in total. The van der Waals surface area contributed by atoms with Crippen LogP contribution in [0.3, 0.4) is 0 Å². The maximum atomic E-state index is 10.7. The van der Waals surface area contributed by atoms with Gasteiger partial charge in [0.1, 0.15) is 5.60 Å². The van der Waals surface area contributed by atoms with E-state index in [9.17, 15) is 10.1 Å². The van der Waals surface area contributed by atoms with Gasteiger partial charge in [-0.25, -0.2) is 0 Å². The maximum absolute atomic E-state index is 10.7. The minimum atomic E-state index is -0.605. The highest BCUT2D eigenvalue weighted by molar-refractivity contribution is 5.46. The van der Waals surface area contributed by atoms with E-state index in [0.29, 0.717) is 6.54 Å². The van der Waals surface area contributed by atoms with Gasteiger partial charge in [-0.05, 0) is 19.9 Å². The predicted octanol–water partition coefficient (Wildman–Crippen LogP) is 1.71. The second-order valence-corrected chi connectivity index (χ2v) is 3.79. The Labute approximate surface area is 88.0 Å². The number of para-hydroxylation sites is 2. The van der Waals surface area contributed by atoms with E-state index in [2.05, 4.69) is 0 Å². The van der Waals surface area contributed by atoms with Crippen LogP contribution >= 0.6 is 0 Å². The molecule has 1 aromatic carbocycles. The lowest BCUT2D eigenvalue weighted by Crippen LogP contribution is -2.37. The Hall–Kier alpha value is -1.62. The Bertz CT molecular complexity index is 363. The first-order valence-corrected chi connectivity index (χ1v) is 4.59. The number of nitro benzene ring substituents is 1. The monoisotopic (exact) mass is 210 g/mol. The van der Waals surface area contributed by atoms with Gasteiger partial charge in [0.15, 0.2) is 5.75 Å². The average Bonchev–Trinajstić information content (AvgIpc) is 2.18. The zero-order valence-electron chi connectivity index (χ0n) is 8.77. The van der Waals surface area contributed by atoms with Crippen molar-refractivity contribution in [3.63, 3.8) is 0 Å². The molecule has 0 aromatic heterocycles. The maximum Gasteiger partial charge on any atom is 0.310 e. The van der Waals surface area contributed by atoms with Crippen LogP contribution < -0.4 is 10.5 Å². The quantitative estimate of drug-likeness (QED) is 0.606. The van der Waals surface area contributed by atoms with Gasteiger partial charge < -0.3 is 10.5 Å². The van der Waals surface area contributed by atoms with Crippen molar-refractivity contribution < 1.29 is 9.66 Å². The molecule has 0 aliphatic rings. The van der Waals surface area contributed by atoms with Gasteiger partial charge >= 0.3 is 5.69 Å². The third kappa shape index (κ3) is 2.92. The summed E-state index contributed by atoms with van der Waals surface area (Å²) in [5.41, 5.74) is 4.84. The highest BCUT2D eigenvalue weighted by Gasteiger charge is 2.22. The molecule has 0 saturated heterocycles. The Kier molecular flexibility index (Phi) is 3.26. The fraction of sp³-hybridized carbons (Fsp3) is 0.400. The van der Waals surface area contributed by atoms with Gasteiger partial charge in [-0.1, -0.05) is 12.1 Å². The molecule has 0 bridgehead atoms. The van der Waals surface area contributed by atoms with Crippen molar-refractivity contribution >= 4 is 5.69 Å². The SMILES string of the molecule is CC(C)(CN)Oc1ccccc1[N+](=O)[O-]. The van der Waals surface area contributed by atoms with Crippen LogP contribution in [0.15, 0.2) is 24.3 Å². The van der Waals surface area contributed by atoms with Crippen molar-refractivity contribution in [1.82, 2.24) is 0 Å². The molecule has 1 aromatic rings. The minimum absolute atomic E-state index is 0.0426. The van der Waals surface area contributed by atoms with E-state index in [1.807, 2.05) is 0 Å². The third-order valence-electron chi connectivity index (χ3n) is 1.94. The van der Waals surface area contributed by atoms with Crippen LogP contribution in [-0.4, -0.2) is 17.1 Å². The molecule has 0 aliphatic carbocycles. The molecule has 0 unspecified atom stereocenters. The van der Waals surface area contributed by atoms with Crippen molar-refractivity contribution in [2.75, 3.05) is 6.54 Å². The van der Waals surface area contributed by atoms with Crippen LogP contribution in [0.2, 0.25) is 0 Å². The van der Waals surface area contributed by atoms with Crippen LogP contribution in [-0.2, 0) is 0 Å². The van der Waals surface area contributed by atoms with E-state index in [-0.39, 0.29) is 11.4 Å². The molecule has 0 heterocycles. The number of rotatable bonds is 4. The summed E-state index contributed by atoms with van der Waals surface area (Å²) in [6.45, 7) is 3.85. The number of nitrogens with zero attached hydrogens (tertiary/aromatic N) is 1. The zero-order chi connectivity index (χ0) is 11.5. The van der Waals surface area contributed by atoms with Gasteiger partial charge in [-0.15, -0.1) is 0 Å². The van der Waals surface area contributed by atoms with E-state index >= 15 is 0 Å². The summed E-state index contributed by atoms with van der Waals surface area (Å²) in [6, 6.07) is 6.26. The molecule has 0 atom stereocenters. The predicted molar refractivity (Wildman–Crippen MR) is 56.9 cm³/mol. The molecule has 0 amide bonds. The Morgan fingerprint density at radius 1 is 1.47 bits per heavy atom. The van der Waals surface area contributed by atoms with Gasteiger partial charge in [0.2, 0.25) is 0 Å². The van der Waals surface area contributed by atoms with Crippen LogP contribution in [0.4, 0.5) is 5.69 Å². The number of hydrogen-bond acceptors (Lipinski definition) is 4. The Morgan fingerprint density at radius 2 is 2.07 bits per heavy atom. The molecule has 1 rings (SSSR count). The van der Waals surface area contributed by atoms with Crippen LogP contribution in [0.1, 0.15) is 13.8 Å². The highest BCUT2D eigenvalue weighted by Crippen LogP contribution is 2.28. The molecule has 0 spiro atoms. The highest BCUT2D eigenvalue weighted by atomic mass is 16.6.